The van der Waals surface area contributed by atoms with Crippen LogP contribution in [0.15, 0.2) is 24.5 Å². The van der Waals surface area contributed by atoms with Gasteiger partial charge >= 0.3 is 7.82 Å². The highest BCUT2D eigenvalue weighted by Gasteiger charge is 2.49. The van der Waals surface area contributed by atoms with Crippen LogP contribution in [0.3, 0.4) is 0 Å². The van der Waals surface area contributed by atoms with Gasteiger partial charge in [0, 0.05) is 6.07 Å². The number of aromatic nitrogens is 1. The molecule has 146 valence electrons. The van der Waals surface area contributed by atoms with E-state index in [0.29, 0.717) is 0 Å². The molecule has 0 aromatic carbocycles. The Morgan fingerprint density at radius 3 is 2.50 bits per heavy atom. The van der Waals surface area contributed by atoms with Gasteiger partial charge in [-0.2, -0.15) is 4.57 Å². The minimum Gasteiger partial charge on any atom is -0.387 e. The number of nitrogens with zero attached hydrogens (tertiary/aromatic N) is 1. The molecule has 0 saturated carbocycles. The third-order valence-corrected chi connectivity index (χ3v) is 5.32. The third kappa shape index (κ3) is 4.86. The summed E-state index contributed by atoms with van der Waals surface area (Å²) in [4.78, 5) is 11.3. The number of ether oxygens (including phenoxy) is 1. The van der Waals surface area contributed by atoms with Crippen LogP contribution in [0.5, 0.6) is 0 Å². The largest absolute Gasteiger partial charge is 0.474 e. The molecule has 0 radical (unpaired) electrons. The van der Waals surface area contributed by atoms with Gasteiger partial charge < -0.3 is 20.7 Å². The zero-order valence-electron chi connectivity index (χ0n) is 14.6. The number of carbonyl (C=O) groups excluding carboxylic acids is 1. The molecule has 11 heteroatoms. The molecule has 0 spiro atoms. The molecular weight excluding hydrogens is 367 g/mol. The lowest BCUT2D eigenvalue weighted by atomic mass is 10.1. The van der Waals surface area contributed by atoms with Gasteiger partial charge in [0.2, 0.25) is 0 Å². The summed E-state index contributed by atoms with van der Waals surface area (Å²) in [5.41, 5.74) is 5.46. The van der Waals surface area contributed by atoms with Crippen molar-refractivity contribution >= 4 is 13.7 Å². The minimum absolute atomic E-state index is 0.117. The van der Waals surface area contributed by atoms with E-state index in [2.05, 4.69) is 0 Å². The monoisotopic (exact) mass is 391 g/mol. The average molecular weight is 391 g/mol. The highest BCUT2D eigenvalue weighted by molar-refractivity contribution is 7.48. The van der Waals surface area contributed by atoms with Crippen LogP contribution in [-0.2, 0) is 22.9 Å². The number of aliphatic hydroxyl groups is 2. The molecular formula is C15H24N2O8P+. The number of amides is 1. The molecule has 4 N–H and O–H groups in total. The van der Waals surface area contributed by atoms with E-state index in [0.717, 1.165) is 0 Å². The zero-order chi connectivity index (χ0) is 19.3. The van der Waals surface area contributed by atoms with Gasteiger partial charge in [-0.05, 0) is 19.9 Å². The molecule has 26 heavy (non-hydrogen) atoms. The van der Waals surface area contributed by atoms with Crippen LogP contribution in [0.25, 0.3) is 0 Å². The number of hydrogen-bond acceptors (Lipinski definition) is 8. The molecule has 1 saturated heterocycles. The molecule has 1 amide bonds. The van der Waals surface area contributed by atoms with Crippen molar-refractivity contribution in [3.05, 3.63) is 30.1 Å². The lowest BCUT2D eigenvalue weighted by molar-refractivity contribution is -0.765. The highest BCUT2D eigenvalue weighted by Crippen LogP contribution is 2.49. The van der Waals surface area contributed by atoms with Gasteiger partial charge in [0.1, 0.15) is 17.8 Å². The van der Waals surface area contributed by atoms with Crippen LogP contribution in [0.1, 0.15) is 30.4 Å². The molecule has 1 aliphatic heterocycles. The summed E-state index contributed by atoms with van der Waals surface area (Å²) in [6, 6.07) is 3.07. The number of carbonyl (C=O) groups is 1. The maximum Gasteiger partial charge on any atom is 0.474 e. The highest BCUT2D eigenvalue weighted by atomic mass is 31.2. The fraction of sp³-hybridized carbons (Fsp3) is 0.600. The summed E-state index contributed by atoms with van der Waals surface area (Å²) in [6.45, 7) is 3.19. The number of primary amides is 1. The lowest BCUT2D eigenvalue weighted by Crippen LogP contribution is -2.46. The molecule has 2 rings (SSSR count). The molecule has 0 aliphatic carbocycles. The van der Waals surface area contributed by atoms with E-state index in [4.69, 9.17) is 24.0 Å². The Bertz CT molecular complexity index is 663. The maximum absolute atomic E-state index is 12.3. The summed E-state index contributed by atoms with van der Waals surface area (Å²) in [5, 5.41) is 20.4. The van der Waals surface area contributed by atoms with Crippen molar-refractivity contribution in [2.75, 3.05) is 19.8 Å². The number of phosphoric acid groups is 1. The average Bonchev–Trinajstić information content (AvgIpc) is 2.89. The quantitative estimate of drug-likeness (QED) is 0.391. The first-order valence-electron chi connectivity index (χ1n) is 8.17. The van der Waals surface area contributed by atoms with Gasteiger partial charge in [-0.25, -0.2) is 4.57 Å². The number of aliphatic hydroxyl groups excluding tert-OH is 2. The van der Waals surface area contributed by atoms with Gasteiger partial charge in [0.15, 0.2) is 18.5 Å². The Kier molecular flexibility index (Phi) is 7.24. The van der Waals surface area contributed by atoms with E-state index < -0.39 is 38.3 Å². The van der Waals surface area contributed by atoms with E-state index in [9.17, 15) is 19.6 Å². The van der Waals surface area contributed by atoms with Gasteiger partial charge in [0.05, 0.1) is 19.8 Å². The predicted octanol–water partition coefficient (Wildman–Crippen LogP) is -0.110. The van der Waals surface area contributed by atoms with E-state index in [1.54, 1.807) is 26.1 Å². The zero-order valence-corrected chi connectivity index (χ0v) is 15.5. The fourth-order valence-corrected chi connectivity index (χ4v) is 3.69. The van der Waals surface area contributed by atoms with Crippen molar-refractivity contribution in [2.45, 2.75) is 38.4 Å². The van der Waals surface area contributed by atoms with Gasteiger partial charge in [-0.3, -0.25) is 18.4 Å². The topological polar surface area (TPSA) is 141 Å². The van der Waals surface area contributed by atoms with Crippen molar-refractivity contribution in [1.29, 1.82) is 0 Å². The second-order valence-corrected chi connectivity index (χ2v) is 7.20. The first kappa shape index (κ1) is 20.9. The molecule has 1 aromatic heterocycles. The number of phosphoric ester groups is 1. The minimum atomic E-state index is -3.77. The van der Waals surface area contributed by atoms with Crippen LogP contribution < -0.4 is 10.3 Å². The first-order chi connectivity index (χ1) is 12.3. The normalized spacial score (nSPS) is 26.2. The summed E-state index contributed by atoms with van der Waals surface area (Å²) in [7, 11) is -3.77. The Morgan fingerprint density at radius 2 is 1.92 bits per heavy atom. The van der Waals surface area contributed by atoms with Crippen molar-refractivity contribution in [2.24, 2.45) is 5.73 Å². The molecule has 1 fully saturated rings. The SMILES string of the molecule is CCOP(=O)(OCC)OCC1OC([n+]2cccc(C(N)=O)c2)C(O)C1O. The van der Waals surface area contributed by atoms with E-state index in [1.807, 2.05) is 0 Å². The van der Waals surface area contributed by atoms with Crippen LogP contribution >= 0.6 is 7.82 Å². The Labute approximate surface area is 151 Å². The molecule has 4 atom stereocenters. The molecule has 0 bridgehead atoms. The summed E-state index contributed by atoms with van der Waals surface area (Å²) >= 11 is 0. The summed E-state index contributed by atoms with van der Waals surface area (Å²) in [5.74, 6) is -0.637. The fourth-order valence-electron chi connectivity index (χ4n) is 2.50. The Balaban J connectivity index is 2.08. The summed E-state index contributed by atoms with van der Waals surface area (Å²) in [6.07, 6.45) is -1.60. The predicted molar refractivity (Wildman–Crippen MR) is 87.9 cm³/mol. The smallest absolute Gasteiger partial charge is 0.387 e. The van der Waals surface area contributed by atoms with Crippen molar-refractivity contribution < 1.29 is 42.4 Å². The molecule has 4 unspecified atom stereocenters. The van der Waals surface area contributed by atoms with E-state index >= 15 is 0 Å². The maximum atomic E-state index is 12.3. The number of nitrogens with two attached hydrogens (primary N) is 1. The lowest BCUT2D eigenvalue weighted by Gasteiger charge is -2.19. The van der Waals surface area contributed by atoms with Crippen LogP contribution in [0, 0.1) is 0 Å². The van der Waals surface area contributed by atoms with Crippen LogP contribution in [-0.4, -0.2) is 54.3 Å². The van der Waals surface area contributed by atoms with E-state index in [-0.39, 0.29) is 25.4 Å². The van der Waals surface area contributed by atoms with Gasteiger partial charge in [-0.1, -0.05) is 0 Å². The first-order valence-corrected chi connectivity index (χ1v) is 9.63. The molecule has 2 heterocycles. The molecule has 1 aromatic rings. The Morgan fingerprint density at radius 1 is 1.27 bits per heavy atom. The van der Waals surface area contributed by atoms with Crippen LogP contribution in [0.4, 0.5) is 0 Å². The van der Waals surface area contributed by atoms with Crippen molar-refractivity contribution in [1.82, 2.24) is 0 Å². The molecule has 1 aliphatic rings. The number of rotatable bonds is 9. The van der Waals surface area contributed by atoms with E-state index in [1.165, 1.54) is 16.8 Å². The summed E-state index contributed by atoms with van der Waals surface area (Å²) < 4.78 is 34.5. The third-order valence-electron chi connectivity index (χ3n) is 3.71. The second kappa shape index (κ2) is 9.01. The molecule has 10 nitrogen and oxygen atoms in total. The number of pyridine rings is 1. The Hall–Kier alpha value is -1.39. The second-order valence-electron chi connectivity index (χ2n) is 5.53. The van der Waals surface area contributed by atoms with Crippen molar-refractivity contribution in [3.8, 4) is 0 Å². The standard InChI is InChI=1S/C15H23N2O8P/c1-3-22-26(21,23-4-2)24-9-11-12(18)13(19)15(25-11)17-7-5-6-10(8-17)14(16)20/h5-8,11-13,15,18-19H,3-4,9H2,1-2H3,(H-,16,20)/p+1. The number of hydrogen-bond donors (Lipinski definition) is 3. The van der Waals surface area contributed by atoms with Gasteiger partial charge in [0.25, 0.3) is 12.1 Å². The van der Waals surface area contributed by atoms with Gasteiger partial charge in [-0.15, -0.1) is 0 Å². The van der Waals surface area contributed by atoms with Crippen molar-refractivity contribution in [3.63, 3.8) is 0 Å². The van der Waals surface area contributed by atoms with Crippen LogP contribution in [0.2, 0.25) is 0 Å².